The third kappa shape index (κ3) is 3.68. The van der Waals surface area contributed by atoms with Gasteiger partial charge in [-0.3, -0.25) is 0 Å². The van der Waals surface area contributed by atoms with Crippen molar-refractivity contribution in [3.8, 4) is 0 Å². The Morgan fingerprint density at radius 1 is 1.31 bits per heavy atom. The van der Waals surface area contributed by atoms with E-state index in [1.807, 2.05) is 0 Å². The second-order valence-corrected chi connectivity index (χ2v) is 5.58. The smallest absolute Gasteiger partial charge is 0.0123 e. The van der Waals surface area contributed by atoms with E-state index in [4.69, 9.17) is 0 Å². The highest BCUT2D eigenvalue weighted by atomic mass is 15.2. The summed E-state index contributed by atoms with van der Waals surface area (Å²) in [6.45, 7) is 10.7. The topological polar surface area (TPSA) is 3.24 Å². The average Bonchev–Trinajstić information content (AvgIpc) is 2.16. The van der Waals surface area contributed by atoms with Crippen molar-refractivity contribution < 1.29 is 0 Å². The van der Waals surface area contributed by atoms with Gasteiger partial charge in [0.05, 0.1) is 0 Å². The fourth-order valence-corrected chi connectivity index (χ4v) is 2.18. The Kier molecular flexibility index (Phi) is 4.44. The number of rotatable bonds is 1. The lowest BCUT2D eigenvalue weighted by Crippen LogP contribution is -2.32. The lowest BCUT2D eigenvalue weighted by atomic mass is 9.84. The molecule has 0 bridgehead atoms. The molecule has 1 aliphatic rings. The van der Waals surface area contributed by atoms with Crippen molar-refractivity contribution in [1.82, 2.24) is 4.90 Å². The first-order valence-electron chi connectivity index (χ1n) is 5.10. The van der Waals surface area contributed by atoms with E-state index >= 15 is 0 Å². The van der Waals surface area contributed by atoms with E-state index in [2.05, 4.69) is 39.6 Å². The molecule has 0 aliphatic carbocycles. The molecule has 0 aromatic rings. The Morgan fingerprint density at radius 3 is 2.15 bits per heavy atom. The maximum Gasteiger partial charge on any atom is 0.0123 e. The van der Waals surface area contributed by atoms with Crippen LogP contribution < -0.4 is 0 Å². The SMILES string of the molecule is C.C[C@H]1CCN(C)[C@@H]1CC(C)(C)C. The second kappa shape index (κ2) is 4.45. The highest BCUT2D eigenvalue weighted by molar-refractivity contribution is 4.85. The molecule has 0 unspecified atom stereocenters. The van der Waals surface area contributed by atoms with Crippen LogP contribution >= 0.6 is 0 Å². The van der Waals surface area contributed by atoms with Gasteiger partial charge in [-0.1, -0.05) is 35.1 Å². The monoisotopic (exact) mass is 185 g/mol. The Bertz CT molecular complexity index is 136. The maximum atomic E-state index is 2.52. The first kappa shape index (κ1) is 13.0. The van der Waals surface area contributed by atoms with Gasteiger partial charge in [0.15, 0.2) is 0 Å². The summed E-state index contributed by atoms with van der Waals surface area (Å²) in [7, 11) is 2.26. The van der Waals surface area contributed by atoms with Gasteiger partial charge in [0.25, 0.3) is 0 Å². The van der Waals surface area contributed by atoms with Gasteiger partial charge in [0, 0.05) is 6.04 Å². The Hall–Kier alpha value is -0.0400. The summed E-state index contributed by atoms with van der Waals surface area (Å²) >= 11 is 0. The van der Waals surface area contributed by atoms with Gasteiger partial charge in [-0.15, -0.1) is 0 Å². The summed E-state index contributed by atoms with van der Waals surface area (Å²) in [5.41, 5.74) is 0.484. The van der Waals surface area contributed by atoms with Crippen LogP contribution in [-0.2, 0) is 0 Å². The van der Waals surface area contributed by atoms with Gasteiger partial charge in [0.1, 0.15) is 0 Å². The molecule has 80 valence electrons. The lowest BCUT2D eigenvalue weighted by molar-refractivity contribution is 0.198. The van der Waals surface area contributed by atoms with Crippen molar-refractivity contribution in [2.75, 3.05) is 13.6 Å². The Morgan fingerprint density at radius 2 is 1.85 bits per heavy atom. The molecule has 1 aliphatic heterocycles. The van der Waals surface area contributed by atoms with Crippen LogP contribution in [0.5, 0.6) is 0 Å². The highest BCUT2D eigenvalue weighted by Crippen LogP contribution is 2.32. The first-order valence-corrected chi connectivity index (χ1v) is 5.10. The zero-order valence-electron chi connectivity index (χ0n) is 9.22. The quantitative estimate of drug-likeness (QED) is 0.605. The molecule has 1 heteroatoms. The Labute approximate surface area is 84.5 Å². The van der Waals surface area contributed by atoms with Crippen LogP contribution in [0.3, 0.4) is 0 Å². The maximum absolute atomic E-state index is 2.52. The summed E-state index contributed by atoms with van der Waals surface area (Å²) < 4.78 is 0. The molecule has 1 fully saturated rings. The third-order valence-corrected chi connectivity index (χ3v) is 2.98. The minimum atomic E-state index is 0. The molecule has 0 aromatic carbocycles. The first-order chi connectivity index (χ1) is 5.40. The van der Waals surface area contributed by atoms with E-state index in [9.17, 15) is 0 Å². The van der Waals surface area contributed by atoms with Crippen molar-refractivity contribution in [1.29, 1.82) is 0 Å². The van der Waals surface area contributed by atoms with Crippen LogP contribution in [0, 0.1) is 11.3 Å². The van der Waals surface area contributed by atoms with Gasteiger partial charge in [-0.2, -0.15) is 0 Å². The van der Waals surface area contributed by atoms with Gasteiger partial charge in [0.2, 0.25) is 0 Å². The minimum absolute atomic E-state index is 0. The second-order valence-electron chi connectivity index (χ2n) is 5.58. The van der Waals surface area contributed by atoms with Crippen molar-refractivity contribution in [2.45, 2.75) is 54.0 Å². The zero-order chi connectivity index (χ0) is 9.35. The lowest BCUT2D eigenvalue weighted by Gasteiger charge is -2.30. The number of hydrogen-bond acceptors (Lipinski definition) is 1. The van der Waals surface area contributed by atoms with E-state index in [-0.39, 0.29) is 7.43 Å². The molecule has 0 aromatic heterocycles. The van der Waals surface area contributed by atoms with E-state index in [1.54, 1.807) is 0 Å². The summed E-state index contributed by atoms with van der Waals surface area (Å²) in [6, 6.07) is 0.824. The van der Waals surface area contributed by atoms with Crippen molar-refractivity contribution in [2.24, 2.45) is 11.3 Å². The van der Waals surface area contributed by atoms with E-state index in [0.717, 1.165) is 12.0 Å². The largest absolute Gasteiger partial charge is 0.303 e. The standard InChI is InChI=1S/C11H23N.CH4/c1-9-6-7-12(5)10(9)8-11(2,3)4;/h9-10H,6-8H2,1-5H3;1H4/t9-,10+;/m0./s1. The normalized spacial score (nSPS) is 30.2. The molecule has 0 amide bonds. The van der Waals surface area contributed by atoms with Crippen molar-refractivity contribution >= 4 is 0 Å². The number of nitrogens with zero attached hydrogens (tertiary/aromatic N) is 1. The van der Waals surface area contributed by atoms with Gasteiger partial charge in [-0.05, 0) is 37.8 Å². The van der Waals surface area contributed by atoms with E-state index in [1.165, 1.54) is 19.4 Å². The average molecular weight is 185 g/mol. The van der Waals surface area contributed by atoms with Crippen LogP contribution in [0.1, 0.15) is 48.0 Å². The molecule has 0 radical (unpaired) electrons. The van der Waals surface area contributed by atoms with E-state index in [0.29, 0.717) is 5.41 Å². The fraction of sp³-hybridized carbons (Fsp3) is 1.00. The van der Waals surface area contributed by atoms with Crippen LogP contribution in [0.15, 0.2) is 0 Å². The molecular weight excluding hydrogens is 158 g/mol. The molecule has 0 spiro atoms. The minimum Gasteiger partial charge on any atom is -0.303 e. The molecule has 1 saturated heterocycles. The molecule has 2 atom stereocenters. The van der Waals surface area contributed by atoms with Crippen LogP contribution in [0.4, 0.5) is 0 Å². The Balaban J connectivity index is 0.00000144. The highest BCUT2D eigenvalue weighted by Gasteiger charge is 2.31. The van der Waals surface area contributed by atoms with E-state index < -0.39 is 0 Å². The van der Waals surface area contributed by atoms with Crippen molar-refractivity contribution in [3.05, 3.63) is 0 Å². The molecule has 0 saturated carbocycles. The van der Waals surface area contributed by atoms with Gasteiger partial charge in [-0.25, -0.2) is 0 Å². The molecule has 13 heavy (non-hydrogen) atoms. The molecule has 0 N–H and O–H groups in total. The van der Waals surface area contributed by atoms with Crippen LogP contribution in [-0.4, -0.2) is 24.5 Å². The summed E-state index contributed by atoms with van der Waals surface area (Å²) in [6.07, 6.45) is 2.72. The third-order valence-electron chi connectivity index (χ3n) is 2.98. The summed E-state index contributed by atoms with van der Waals surface area (Å²) in [5.74, 6) is 0.897. The van der Waals surface area contributed by atoms with Gasteiger partial charge >= 0.3 is 0 Å². The zero-order valence-corrected chi connectivity index (χ0v) is 9.22. The molecule has 1 rings (SSSR count). The summed E-state index contributed by atoms with van der Waals surface area (Å²) in [4.78, 5) is 2.52. The van der Waals surface area contributed by atoms with Crippen LogP contribution in [0.25, 0.3) is 0 Å². The molecule has 1 heterocycles. The van der Waals surface area contributed by atoms with Crippen molar-refractivity contribution in [3.63, 3.8) is 0 Å². The summed E-state index contributed by atoms with van der Waals surface area (Å²) in [5, 5.41) is 0. The predicted octanol–water partition coefficient (Wildman–Crippen LogP) is 3.40. The molecule has 1 nitrogen and oxygen atoms in total. The molecular formula is C12H27N. The predicted molar refractivity (Wildman–Crippen MR) is 61.0 cm³/mol. The number of likely N-dealkylation sites (tertiary alicyclic amines) is 1. The number of hydrogen-bond donors (Lipinski definition) is 0. The fourth-order valence-electron chi connectivity index (χ4n) is 2.18. The van der Waals surface area contributed by atoms with Crippen LogP contribution in [0.2, 0.25) is 0 Å². The van der Waals surface area contributed by atoms with Gasteiger partial charge < -0.3 is 4.90 Å².